The summed E-state index contributed by atoms with van der Waals surface area (Å²) in [5.74, 6) is 2.02. The highest BCUT2D eigenvalue weighted by Crippen LogP contribution is 2.48. The highest BCUT2D eigenvalue weighted by atomic mass is 16.5. The van der Waals surface area contributed by atoms with Crippen molar-refractivity contribution in [2.24, 2.45) is 11.8 Å². The fraction of sp³-hybridized carbons (Fsp3) is 1.00. The summed E-state index contributed by atoms with van der Waals surface area (Å²) in [5, 5.41) is 0. The zero-order valence-electron chi connectivity index (χ0n) is 6.96. The maximum atomic E-state index is 5.74. The van der Waals surface area contributed by atoms with Crippen molar-refractivity contribution in [1.29, 1.82) is 0 Å². The van der Waals surface area contributed by atoms with Gasteiger partial charge >= 0.3 is 0 Å². The van der Waals surface area contributed by atoms with Crippen molar-refractivity contribution in [3.05, 3.63) is 0 Å². The third-order valence-electron chi connectivity index (χ3n) is 3.87. The summed E-state index contributed by atoms with van der Waals surface area (Å²) in [6.45, 7) is 0. The first-order valence-corrected chi connectivity index (χ1v) is 5.09. The molecular weight excluding hydrogens is 136 g/mol. The Balaban J connectivity index is 1.77. The molecule has 4 rings (SSSR count). The van der Waals surface area contributed by atoms with E-state index in [1.165, 1.54) is 38.5 Å². The number of rotatable bonds is 0. The highest BCUT2D eigenvalue weighted by molar-refractivity contribution is 4.96. The van der Waals surface area contributed by atoms with Crippen LogP contribution < -0.4 is 0 Å². The minimum Gasteiger partial charge on any atom is -0.374 e. The number of hydrogen-bond donors (Lipinski definition) is 0. The Labute approximate surface area is 68.1 Å². The fourth-order valence-corrected chi connectivity index (χ4v) is 3.28. The van der Waals surface area contributed by atoms with E-state index in [9.17, 15) is 0 Å². The molecule has 0 radical (unpaired) electrons. The van der Waals surface area contributed by atoms with Gasteiger partial charge in [-0.05, 0) is 31.1 Å². The molecule has 2 saturated heterocycles. The SMILES string of the molecule is C1CCC2C(C1)CC1CC2O1. The van der Waals surface area contributed by atoms with Crippen molar-refractivity contribution >= 4 is 0 Å². The average Bonchev–Trinajstić information content (AvgIpc) is 2.02. The minimum absolute atomic E-state index is 0.680. The second kappa shape index (κ2) is 2.22. The molecule has 1 heteroatoms. The van der Waals surface area contributed by atoms with Crippen LogP contribution in [0.4, 0.5) is 0 Å². The smallest absolute Gasteiger partial charge is 0.0634 e. The normalized spacial score (nSPS) is 54.5. The summed E-state index contributed by atoms with van der Waals surface area (Å²) >= 11 is 0. The van der Waals surface area contributed by atoms with Crippen molar-refractivity contribution in [3.8, 4) is 0 Å². The third-order valence-corrected chi connectivity index (χ3v) is 3.87. The first kappa shape index (κ1) is 6.47. The molecule has 0 spiro atoms. The van der Waals surface area contributed by atoms with Gasteiger partial charge in [0.1, 0.15) is 0 Å². The molecule has 4 unspecified atom stereocenters. The Morgan fingerprint density at radius 3 is 2.64 bits per heavy atom. The number of hydrogen-bond acceptors (Lipinski definition) is 1. The van der Waals surface area contributed by atoms with Crippen LogP contribution in [0.15, 0.2) is 0 Å². The quantitative estimate of drug-likeness (QED) is 0.517. The van der Waals surface area contributed by atoms with E-state index in [0.29, 0.717) is 12.2 Å². The van der Waals surface area contributed by atoms with E-state index >= 15 is 0 Å². The molecule has 2 bridgehead atoms. The molecular formula is C10H16O. The van der Waals surface area contributed by atoms with Gasteiger partial charge in [-0.2, -0.15) is 0 Å². The van der Waals surface area contributed by atoms with Crippen molar-refractivity contribution in [3.63, 3.8) is 0 Å². The molecule has 4 aliphatic rings. The Morgan fingerprint density at radius 1 is 1.00 bits per heavy atom. The van der Waals surface area contributed by atoms with E-state index in [-0.39, 0.29) is 0 Å². The molecule has 1 nitrogen and oxygen atoms in total. The fourth-order valence-electron chi connectivity index (χ4n) is 3.28. The first-order chi connectivity index (χ1) is 5.43. The molecule has 2 aliphatic heterocycles. The minimum atomic E-state index is 0.680. The van der Waals surface area contributed by atoms with Crippen LogP contribution >= 0.6 is 0 Å². The highest BCUT2D eigenvalue weighted by Gasteiger charge is 2.47. The molecule has 0 amide bonds. The van der Waals surface area contributed by atoms with Gasteiger partial charge < -0.3 is 4.74 Å². The van der Waals surface area contributed by atoms with E-state index < -0.39 is 0 Å². The Bertz CT molecular complexity index is 160. The first-order valence-electron chi connectivity index (χ1n) is 5.09. The van der Waals surface area contributed by atoms with Crippen LogP contribution in [0, 0.1) is 11.8 Å². The molecule has 2 heterocycles. The van der Waals surface area contributed by atoms with E-state index in [1.54, 1.807) is 0 Å². The van der Waals surface area contributed by atoms with Gasteiger partial charge in [-0.25, -0.2) is 0 Å². The molecule has 0 N–H and O–H groups in total. The van der Waals surface area contributed by atoms with E-state index in [4.69, 9.17) is 4.74 Å². The molecule has 0 aromatic heterocycles. The van der Waals surface area contributed by atoms with Crippen LogP contribution in [-0.4, -0.2) is 12.2 Å². The Kier molecular flexibility index (Phi) is 1.31. The summed E-state index contributed by atoms with van der Waals surface area (Å²) in [6, 6.07) is 0. The van der Waals surface area contributed by atoms with E-state index in [1.807, 2.05) is 0 Å². The second-order valence-electron chi connectivity index (χ2n) is 4.48. The zero-order valence-corrected chi connectivity index (χ0v) is 6.96. The predicted octanol–water partition coefficient (Wildman–Crippen LogP) is 2.35. The zero-order chi connectivity index (χ0) is 7.26. The molecule has 0 aromatic carbocycles. The lowest BCUT2D eigenvalue weighted by atomic mass is 9.66. The maximum absolute atomic E-state index is 5.74. The van der Waals surface area contributed by atoms with Crippen LogP contribution in [-0.2, 0) is 4.74 Å². The van der Waals surface area contributed by atoms with Crippen LogP contribution in [0.25, 0.3) is 0 Å². The van der Waals surface area contributed by atoms with Gasteiger partial charge in [0.2, 0.25) is 0 Å². The molecule has 2 aliphatic carbocycles. The molecule has 4 atom stereocenters. The van der Waals surface area contributed by atoms with Gasteiger partial charge in [0.05, 0.1) is 12.2 Å². The van der Waals surface area contributed by atoms with Gasteiger partial charge in [-0.3, -0.25) is 0 Å². The Morgan fingerprint density at radius 2 is 1.82 bits per heavy atom. The number of ether oxygens (including phenoxy) is 1. The van der Waals surface area contributed by atoms with E-state index in [0.717, 1.165) is 11.8 Å². The van der Waals surface area contributed by atoms with Crippen LogP contribution in [0.3, 0.4) is 0 Å². The van der Waals surface area contributed by atoms with Gasteiger partial charge in [-0.15, -0.1) is 0 Å². The summed E-state index contributed by atoms with van der Waals surface area (Å²) in [6.07, 6.45) is 10.1. The van der Waals surface area contributed by atoms with Crippen LogP contribution in [0.5, 0.6) is 0 Å². The van der Waals surface area contributed by atoms with E-state index in [2.05, 4.69) is 0 Å². The van der Waals surface area contributed by atoms with Crippen molar-refractivity contribution < 1.29 is 4.74 Å². The molecule has 2 saturated carbocycles. The lowest BCUT2D eigenvalue weighted by Crippen LogP contribution is -2.52. The molecule has 4 fully saturated rings. The summed E-state index contributed by atoms with van der Waals surface area (Å²) in [7, 11) is 0. The third kappa shape index (κ3) is 0.868. The lowest BCUT2D eigenvalue weighted by Gasteiger charge is -2.52. The van der Waals surface area contributed by atoms with Crippen molar-refractivity contribution in [1.82, 2.24) is 0 Å². The Hall–Kier alpha value is -0.0400. The topological polar surface area (TPSA) is 9.23 Å². The predicted molar refractivity (Wildman–Crippen MR) is 43.3 cm³/mol. The summed E-state index contributed by atoms with van der Waals surface area (Å²) in [4.78, 5) is 0. The van der Waals surface area contributed by atoms with Gasteiger partial charge in [-0.1, -0.05) is 12.8 Å². The largest absolute Gasteiger partial charge is 0.374 e. The standard InChI is InChI=1S/C10H16O/c1-2-4-9-7(3-1)5-8-6-10(9)11-8/h7-10H,1-6H2. The summed E-state index contributed by atoms with van der Waals surface area (Å²) < 4.78 is 5.74. The van der Waals surface area contributed by atoms with Gasteiger partial charge in [0.15, 0.2) is 0 Å². The van der Waals surface area contributed by atoms with Crippen molar-refractivity contribution in [2.45, 2.75) is 50.7 Å². The monoisotopic (exact) mass is 152 g/mol. The van der Waals surface area contributed by atoms with Crippen molar-refractivity contribution in [2.75, 3.05) is 0 Å². The lowest BCUT2D eigenvalue weighted by molar-refractivity contribution is -0.212. The average molecular weight is 152 g/mol. The van der Waals surface area contributed by atoms with Gasteiger partial charge in [0.25, 0.3) is 0 Å². The van der Waals surface area contributed by atoms with Crippen LogP contribution in [0.2, 0.25) is 0 Å². The van der Waals surface area contributed by atoms with Gasteiger partial charge in [0, 0.05) is 6.42 Å². The summed E-state index contributed by atoms with van der Waals surface area (Å²) in [5.41, 5.74) is 0. The maximum Gasteiger partial charge on any atom is 0.0634 e. The second-order valence-corrected chi connectivity index (χ2v) is 4.48. The van der Waals surface area contributed by atoms with Crippen LogP contribution in [0.1, 0.15) is 38.5 Å². The molecule has 11 heavy (non-hydrogen) atoms. The molecule has 0 aromatic rings. The molecule has 62 valence electrons.